The first-order valence-corrected chi connectivity index (χ1v) is 6.78. The number of ether oxygens (including phenoxy) is 2. The van der Waals surface area contributed by atoms with Gasteiger partial charge in [-0.2, -0.15) is 0 Å². The first-order valence-electron chi connectivity index (χ1n) is 6.78. The SMILES string of the molecule is COc1cc(C)ccc1C(O)c1cccc2c1OCC2. The predicted octanol–water partition coefficient (Wildman–Crippen LogP) is 3.02. The standard InChI is InChI=1S/C17H18O3/c1-11-6-7-13(15(10-11)19-2)16(18)14-5-3-4-12-8-9-20-17(12)14/h3-7,10,16,18H,8-9H2,1-2H3. The van der Waals surface area contributed by atoms with E-state index < -0.39 is 6.10 Å². The number of para-hydroxylation sites is 1. The highest BCUT2D eigenvalue weighted by atomic mass is 16.5. The van der Waals surface area contributed by atoms with E-state index in [-0.39, 0.29) is 0 Å². The molecule has 20 heavy (non-hydrogen) atoms. The molecule has 2 aromatic rings. The first kappa shape index (κ1) is 13.0. The minimum atomic E-state index is -0.737. The van der Waals surface area contributed by atoms with Gasteiger partial charge in [-0.05, 0) is 24.1 Å². The van der Waals surface area contributed by atoms with Gasteiger partial charge in [-0.1, -0.05) is 30.3 Å². The summed E-state index contributed by atoms with van der Waals surface area (Å²) in [5, 5.41) is 10.7. The Balaban J connectivity index is 2.05. The molecule has 0 bridgehead atoms. The third kappa shape index (κ3) is 2.14. The molecule has 1 atom stereocenters. The Morgan fingerprint density at radius 2 is 2.05 bits per heavy atom. The van der Waals surface area contributed by atoms with Crippen LogP contribution in [-0.4, -0.2) is 18.8 Å². The van der Waals surface area contributed by atoms with E-state index in [1.807, 2.05) is 43.3 Å². The molecule has 0 aromatic heterocycles. The fraction of sp³-hybridized carbons (Fsp3) is 0.294. The Morgan fingerprint density at radius 3 is 2.85 bits per heavy atom. The molecule has 1 unspecified atom stereocenters. The largest absolute Gasteiger partial charge is 0.496 e. The van der Waals surface area contributed by atoms with Crippen LogP contribution in [0.2, 0.25) is 0 Å². The van der Waals surface area contributed by atoms with Crippen LogP contribution in [0.1, 0.15) is 28.4 Å². The molecule has 3 rings (SSSR count). The maximum atomic E-state index is 10.7. The summed E-state index contributed by atoms with van der Waals surface area (Å²) in [6.45, 7) is 2.69. The van der Waals surface area contributed by atoms with Crippen molar-refractivity contribution in [3.8, 4) is 11.5 Å². The molecule has 0 saturated heterocycles. The van der Waals surface area contributed by atoms with Gasteiger partial charge in [-0.15, -0.1) is 0 Å². The molecule has 0 fully saturated rings. The second-order valence-corrected chi connectivity index (χ2v) is 5.08. The van der Waals surface area contributed by atoms with Crippen LogP contribution in [0.5, 0.6) is 11.5 Å². The van der Waals surface area contributed by atoms with Gasteiger partial charge in [0.25, 0.3) is 0 Å². The van der Waals surface area contributed by atoms with Gasteiger partial charge in [0.2, 0.25) is 0 Å². The summed E-state index contributed by atoms with van der Waals surface area (Å²) in [6, 6.07) is 11.7. The van der Waals surface area contributed by atoms with Crippen molar-refractivity contribution in [2.24, 2.45) is 0 Å². The number of aliphatic hydroxyl groups is 1. The average molecular weight is 270 g/mol. The van der Waals surface area contributed by atoms with E-state index in [1.165, 1.54) is 0 Å². The van der Waals surface area contributed by atoms with Crippen LogP contribution < -0.4 is 9.47 Å². The summed E-state index contributed by atoms with van der Waals surface area (Å²) >= 11 is 0. The minimum Gasteiger partial charge on any atom is -0.496 e. The van der Waals surface area contributed by atoms with Crippen LogP contribution in [-0.2, 0) is 6.42 Å². The van der Waals surface area contributed by atoms with Gasteiger partial charge in [0, 0.05) is 17.5 Å². The monoisotopic (exact) mass is 270 g/mol. The molecule has 0 amide bonds. The lowest BCUT2D eigenvalue weighted by Crippen LogP contribution is -2.04. The van der Waals surface area contributed by atoms with Crippen molar-refractivity contribution in [3.05, 3.63) is 58.7 Å². The first-order chi connectivity index (χ1) is 9.70. The molecule has 1 heterocycles. The quantitative estimate of drug-likeness (QED) is 0.931. The lowest BCUT2D eigenvalue weighted by Gasteiger charge is -2.18. The van der Waals surface area contributed by atoms with E-state index in [1.54, 1.807) is 7.11 Å². The van der Waals surface area contributed by atoms with Crippen LogP contribution in [0.4, 0.5) is 0 Å². The van der Waals surface area contributed by atoms with Gasteiger partial charge in [0.1, 0.15) is 17.6 Å². The van der Waals surface area contributed by atoms with Crippen molar-refractivity contribution >= 4 is 0 Å². The zero-order chi connectivity index (χ0) is 14.1. The molecule has 3 heteroatoms. The topological polar surface area (TPSA) is 38.7 Å². The van der Waals surface area contributed by atoms with Crippen LogP contribution in [0.15, 0.2) is 36.4 Å². The summed E-state index contributed by atoms with van der Waals surface area (Å²) in [5.74, 6) is 1.52. The van der Waals surface area contributed by atoms with E-state index in [2.05, 4.69) is 0 Å². The molecule has 1 aliphatic heterocycles. The van der Waals surface area contributed by atoms with E-state index in [0.29, 0.717) is 12.4 Å². The molecule has 1 aliphatic rings. The Bertz CT molecular complexity index is 634. The van der Waals surface area contributed by atoms with Crippen molar-refractivity contribution in [2.45, 2.75) is 19.4 Å². The molecule has 1 N–H and O–H groups in total. The summed E-state index contributed by atoms with van der Waals surface area (Å²) in [4.78, 5) is 0. The summed E-state index contributed by atoms with van der Waals surface area (Å²) in [5.41, 5.74) is 3.84. The molecule has 0 radical (unpaired) electrons. The number of aryl methyl sites for hydroxylation is 1. The van der Waals surface area contributed by atoms with E-state index in [0.717, 1.165) is 34.4 Å². The van der Waals surface area contributed by atoms with Crippen LogP contribution in [0.3, 0.4) is 0 Å². The number of hydrogen-bond acceptors (Lipinski definition) is 3. The molecule has 0 saturated carbocycles. The van der Waals surface area contributed by atoms with Gasteiger partial charge in [0.15, 0.2) is 0 Å². The van der Waals surface area contributed by atoms with Crippen molar-refractivity contribution < 1.29 is 14.6 Å². The van der Waals surface area contributed by atoms with E-state index >= 15 is 0 Å². The van der Waals surface area contributed by atoms with Crippen molar-refractivity contribution in [3.63, 3.8) is 0 Å². The third-order valence-corrected chi connectivity index (χ3v) is 3.72. The molecule has 0 aliphatic carbocycles. The number of benzene rings is 2. The fourth-order valence-electron chi connectivity index (χ4n) is 2.67. The van der Waals surface area contributed by atoms with Gasteiger partial charge < -0.3 is 14.6 Å². The molecule has 2 aromatic carbocycles. The Morgan fingerprint density at radius 1 is 1.20 bits per heavy atom. The highest BCUT2D eigenvalue weighted by molar-refractivity contribution is 5.50. The second-order valence-electron chi connectivity index (χ2n) is 5.08. The van der Waals surface area contributed by atoms with Crippen LogP contribution in [0.25, 0.3) is 0 Å². The van der Waals surface area contributed by atoms with Crippen LogP contribution in [0, 0.1) is 6.92 Å². The zero-order valence-corrected chi connectivity index (χ0v) is 11.7. The minimum absolute atomic E-state index is 0.685. The van der Waals surface area contributed by atoms with Crippen molar-refractivity contribution in [1.82, 2.24) is 0 Å². The smallest absolute Gasteiger partial charge is 0.128 e. The summed E-state index contributed by atoms with van der Waals surface area (Å²) in [7, 11) is 1.62. The van der Waals surface area contributed by atoms with Crippen LogP contribution >= 0.6 is 0 Å². The number of fused-ring (bicyclic) bond motifs is 1. The van der Waals surface area contributed by atoms with E-state index in [4.69, 9.17) is 9.47 Å². The molecule has 104 valence electrons. The summed E-state index contributed by atoms with van der Waals surface area (Å²) in [6.07, 6.45) is 0.166. The maximum absolute atomic E-state index is 10.7. The molecular weight excluding hydrogens is 252 g/mol. The Kier molecular flexibility index (Phi) is 3.36. The number of aliphatic hydroxyl groups excluding tert-OH is 1. The summed E-state index contributed by atoms with van der Waals surface area (Å²) < 4.78 is 11.1. The lowest BCUT2D eigenvalue weighted by atomic mass is 9.97. The lowest BCUT2D eigenvalue weighted by molar-refractivity contribution is 0.208. The van der Waals surface area contributed by atoms with Gasteiger partial charge in [-0.25, -0.2) is 0 Å². The van der Waals surface area contributed by atoms with E-state index in [9.17, 15) is 5.11 Å². The third-order valence-electron chi connectivity index (χ3n) is 3.72. The fourth-order valence-corrected chi connectivity index (χ4v) is 2.67. The molecule has 0 spiro atoms. The predicted molar refractivity (Wildman–Crippen MR) is 77.4 cm³/mol. The van der Waals surface area contributed by atoms with Gasteiger partial charge in [-0.3, -0.25) is 0 Å². The number of hydrogen-bond donors (Lipinski definition) is 1. The van der Waals surface area contributed by atoms with Crippen molar-refractivity contribution in [2.75, 3.05) is 13.7 Å². The highest BCUT2D eigenvalue weighted by Crippen LogP contribution is 2.38. The number of methoxy groups -OCH3 is 1. The Hall–Kier alpha value is -2.00. The normalized spacial score (nSPS) is 14.6. The zero-order valence-electron chi connectivity index (χ0n) is 11.7. The number of rotatable bonds is 3. The second kappa shape index (κ2) is 5.17. The van der Waals surface area contributed by atoms with Gasteiger partial charge >= 0.3 is 0 Å². The molecular formula is C17H18O3. The van der Waals surface area contributed by atoms with Gasteiger partial charge in [0.05, 0.1) is 13.7 Å². The Labute approximate surface area is 118 Å². The molecule has 3 nitrogen and oxygen atoms in total. The highest BCUT2D eigenvalue weighted by Gasteiger charge is 2.23. The maximum Gasteiger partial charge on any atom is 0.128 e. The average Bonchev–Trinajstić information content (AvgIpc) is 2.94. The van der Waals surface area contributed by atoms with Crippen molar-refractivity contribution in [1.29, 1.82) is 0 Å².